The molecule has 0 rings (SSSR count). The lowest BCUT2D eigenvalue weighted by Crippen LogP contribution is -2.05. The Kier molecular flexibility index (Phi) is 44.9. The zero-order chi connectivity index (χ0) is 35.4. The first kappa shape index (κ1) is 48.4. The standard InChI is InChI=1S/C46H92O3/c1-2-3-4-5-6-31-34-37-40-43-46(48)49-45-42-39-36-33-30-28-26-24-22-20-18-16-14-12-10-8-7-9-11-13-15-17-19-21-23-25-27-29-32-35-38-41-44-47/h47H,2-45H2,1H3. The molecule has 0 amide bonds. The number of aliphatic hydroxyl groups is 1. The summed E-state index contributed by atoms with van der Waals surface area (Å²) < 4.78 is 5.44. The van der Waals surface area contributed by atoms with Crippen molar-refractivity contribution in [1.29, 1.82) is 0 Å². The third-order valence-electron chi connectivity index (χ3n) is 10.8. The van der Waals surface area contributed by atoms with Gasteiger partial charge in [0.2, 0.25) is 0 Å². The Morgan fingerprint density at radius 1 is 0.327 bits per heavy atom. The van der Waals surface area contributed by atoms with Crippen LogP contribution >= 0.6 is 0 Å². The van der Waals surface area contributed by atoms with E-state index in [9.17, 15) is 4.79 Å². The van der Waals surface area contributed by atoms with Crippen molar-refractivity contribution < 1.29 is 14.6 Å². The fourth-order valence-corrected chi connectivity index (χ4v) is 7.36. The van der Waals surface area contributed by atoms with E-state index in [1.54, 1.807) is 0 Å². The molecule has 0 spiro atoms. The molecule has 0 aromatic rings. The number of rotatable bonds is 44. The highest BCUT2D eigenvalue weighted by molar-refractivity contribution is 5.69. The summed E-state index contributed by atoms with van der Waals surface area (Å²) in [7, 11) is 0. The molecule has 0 atom stereocenters. The van der Waals surface area contributed by atoms with Crippen LogP contribution in [0.5, 0.6) is 0 Å². The Hall–Kier alpha value is -0.570. The average Bonchev–Trinajstić information content (AvgIpc) is 3.11. The van der Waals surface area contributed by atoms with E-state index < -0.39 is 0 Å². The van der Waals surface area contributed by atoms with Gasteiger partial charge in [0.25, 0.3) is 0 Å². The van der Waals surface area contributed by atoms with Gasteiger partial charge in [-0.25, -0.2) is 0 Å². The molecule has 3 heteroatoms. The van der Waals surface area contributed by atoms with Crippen molar-refractivity contribution in [3.05, 3.63) is 0 Å². The third-order valence-corrected chi connectivity index (χ3v) is 10.8. The number of hydrogen-bond donors (Lipinski definition) is 1. The van der Waals surface area contributed by atoms with Gasteiger partial charge in [-0.2, -0.15) is 0 Å². The van der Waals surface area contributed by atoms with Crippen LogP contribution in [0.4, 0.5) is 0 Å². The largest absolute Gasteiger partial charge is 0.466 e. The lowest BCUT2D eigenvalue weighted by Gasteiger charge is -2.06. The van der Waals surface area contributed by atoms with E-state index >= 15 is 0 Å². The van der Waals surface area contributed by atoms with Gasteiger partial charge in [0.1, 0.15) is 0 Å². The molecule has 0 saturated carbocycles. The number of ether oxygens (including phenoxy) is 1. The molecule has 49 heavy (non-hydrogen) atoms. The second-order valence-corrected chi connectivity index (χ2v) is 15.8. The summed E-state index contributed by atoms with van der Waals surface area (Å²) in [4.78, 5) is 11.9. The van der Waals surface area contributed by atoms with Crippen LogP contribution in [-0.2, 0) is 9.53 Å². The molecule has 0 saturated heterocycles. The van der Waals surface area contributed by atoms with Crippen LogP contribution in [0.15, 0.2) is 0 Å². The summed E-state index contributed by atoms with van der Waals surface area (Å²) in [6, 6.07) is 0. The maximum Gasteiger partial charge on any atom is 0.305 e. The molecule has 0 aromatic carbocycles. The van der Waals surface area contributed by atoms with Crippen molar-refractivity contribution in [1.82, 2.24) is 0 Å². The van der Waals surface area contributed by atoms with Gasteiger partial charge in [-0.15, -0.1) is 0 Å². The molecule has 0 fully saturated rings. The highest BCUT2D eigenvalue weighted by Crippen LogP contribution is 2.17. The normalized spacial score (nSPS) is 11.5. The van der Waals surface area contributed by atoms with Crippen LogP contribution in [0.1, 0.15) is 277 Å². The highest BCUT2D eigenvalue weighted by atomic mass is 16.5. The molecule has 0 bridgehead atoms. The van der Waals surface area contributed by atoms with E-state index in [2.05, 4.69) is 6.92 Å². The Labute approximate surface area is 309 Å². The lowest BCUT2D eigenvalue weighted by atomic mass is 10.0. The topological polar surface area (TPSA) is 46.5 Å². The Morgan fingerprint density at radius 3 is 0.816 bits per heavy atom. The molecular weight excluding hydrogens is 601 g/mol. The minimum atomic E-state index is 0.0238. The minimum Gasteiger partial charge on any atom is -0.466 e. The molecule has 0 heterocycles. The smallest absolute Gasteiger partial charge is 0.305 e. The van der Waals surface area contributed by atoms with Crippen molar-refractivity contribution in [3.63, 3.8) is 0 Å². The second-order valence-electron chi connectivity index (χ2n) is 15.8. The van der Waals surface area contributed by atoms with Crippen LogP contribution in [0.2, 0.25) is 0 Å². The molecule has 0 unspecified atom stereocenters. The van der Waals surface area contributed by atoms with Crippen LogP contribution in [-0.4, -0.2) is 24.3 Å². The summed E-state index contributed by atoms with van der Waals surface area (Å²) in [6.45, 7) is 3.27. The molecule has 0 radical (unpaired) electrons. The van der Waals surface area contributed by atoms with E-state index in [-0.39, 0.29) is 5.97 Å². The molecule has 0 aliphatic rings. The first-order valence-electron chi connectivity index (χ1n) is 23.1. The maximum absolute atomic E-state index is 11.9. The number of aliphatic hydroxyl groups excluding tert-OH is 1. The highest BCUT2D eigenvalue weighted by Gasteiger charge is 2.03. The van der Waals surface area contributed by atoms with Gasteiger partial charge in [-0.3, -0.25) is 4.79 Å². The fourth-order valence-electron chi connectivity index (χ4n) is 7.36. The van der Waals surface area contributed by atoms with Gasteiger partial charge >= 0.3 is 5.97 Å². The first-order chi connectivity index (χ1) is 24.3. The predicted octanol–water partition coefficient (Wildman–Crippen LogP) is 15.9. The molecule has 294 valence electrons. The molecule has 1 N–H and O–H groups in total. The van der Waals surface area contributed by atoms with Gasteiger partial charge < -0.3 is 9.84 Å². The Bertz CT molecular complexity index is 591. The summed E-state index contributed by atoms with van der Waals surface area (Å²) >= 11 is 0. The summed E-state index contributed by atoms with van der Waals surface area (Å²) in [5.74, 6) is 0.0238. The predicted molar refractivity (Wildman–Crippen MR) is 218 cm³/mol. The number of hydrogen-bond acceptors (Lipinski definition) is 3. The summed E-state index contributed by atoms with van der Waals surface area (Å²) in [5.41, 5.74) is 0. The second kappa shape index (κ2) is 45.5. The Morgan fingerprint density at radius 2 is 0.551 bits per heavy atom. The first-order valence-corrected chi connectivity index (χ1v) is 23.1. The lowest BCUT2D eigenvalue weighted by molar-refractivity contribution is -0.143. The van der Waals surface area contributed by atoms with Crippen LogP contribution < -0.4 is 0 Å². The number of esters is 1. The van der Waals surface area contributed by atoms with Crippen molar-refractivity contribution in [2.24, 2.45) is 0 Å². The minimum absolute atomic E-state index is 0.0238. The van der Waals surface area contributed by atoms with Crippen molar-refractivity contribution in [2.45, 2.75) is 277 Å². The number of carbonyl (C=O) groups excluding carboxylic acids is 1. The summed E-state index contributed by atoms with van der Waals surface area (Å²) in [5, 5.41) is 8.81. The van der Waals surface area contributed by atoms with Crippen LogP contribution in [0, 0.1) is 0 Å². The van der Waals surface area contributed by atoms with Crippen molar-refractivity contribution >= 4 is 5.97 Å². The maximum atomic E-state index is 11.9. The van der Waals surface area contributed by atoms with E-state index in [1.807, 2.05) is 0 Å². The quantitative estimate of drug-likeness (QED) is 0.0511. The third kappa shape index (κ3) is 45.4. The summed E-state index contributed by atoms with van der Waals surface area (Å²) in [6.07, 6.45) is 56.7. The molecule has 0 aliphatic carbocycles. The molecular formula is C46H92O3. The van der Waals surface area contributed by atoms with E-state index in [1.165, 1.54) is 244 Å². The Balaban J connectivity index is 3.10. The van der Waals surface area contributed by atoms with Gasteiger partial charge in [0.05, 0.1) is 6.61 Å². The van der Waals surface area contributed by atoms with Crippen molar-refractivity contribution in [2.75, 3.05) is 13.2 Å². The van der Waals surface area contributed by atoms with Gasteiger partial charge in [0.15, 0.2) is 0 Å². The zero-order valence-corrected chi connectivity index (χ0v) is 33.9. The SMILES string of the molecule is CCCCCCCCCCCC(=O)OCCCCCCCCCCCCCCCCCCCCCCCCCCCCCCCCCCO. The fraction of sp³-hybridized carbons (Fsp3) is 0.978. The number of carbonyl (C=O) groups is 1. The van der Waals surface area contributed by atoms with Crippen molar-refractivity contribution in [3.8, 4) is 0 Å². The number of unbranched alkanes of at least 4 members (excludes halogenated alkanes) is 39. The average molecular weight is 693 g/mol. The molecule has 0 aromatic heterocycles. The molecule has 3 nitrogen and oxygen atoms in total. The van der Waals surface area contributed by atoms with Crippen LogP contribution in [0.3, 0.4) is 0 Å². The van der Waals surface area contributed by atoms with Gasteiger partial charge in [0, 0.05) is 13.0 Å². The zero-order valence-electron chi connectivity index (χ0n) is 33.9. The monoisotopic (exact) mass is 693 g/mol. The van der Waals surface area contributed by atoms with Crippen LogP contribution in [0.25, 0.3) is 0 Å². The van der Waals surface area contributed by atoms with Gasteiger partial charge in [-0.1, -0.05) is 251 Å². The van der Waals surface area contributed by atoms with E-state index in [0.29, 0.717) is 19.6 Å². The molecule has 0 aliphatic heterocycles. The van der Waals surface area contributed by atoms with Gasteiger partial charge in [-0.05, 0) is 19.3 Å². The van der Waals surface area contributed by atoms with E-state index in [4.69, 9.17) is 9.84 Å². The van der Waals surface area contributed by atoms with E-state index in [0.717, 1.165) is 19.3 Å².